The predicted molar refractivity (Wildman–Crippen MR) is 121 cm³/mol. The average Bonchev–Trinajstić information content (AvgIpc) is 2.68. The van der Waals surface area contributed by atoms with Crippen molar-refractivity contribution in [1.82, 2.24) is 0 Å². The summed E-state index contributed by atoms with van der Waals surface area (Å²) in [6, 6.07) is 0. The van der Waals surface area contributed by atoms with Gasteiger partial charge in [-0.05, 0) is 25.7 Å². The predicted octanol–water partition coefficient (Wildman–Crippen LogP) is 7.09. The maximum absolute atomic E-state index is 12.6. The van der Waals surface area contributed by atoms with Gasteiger partial charge in [-0.1, -0.05) is 96.8 Å². The molecular formula is C24H46O3S. The number of carbonyl (C=O) groups is 1. The lowest BCUT2D eigenvalue weighted by atomic mass is 9.97. The molecule has 1 rings (SSSR count). The first-order valence-corrected chi connectivity index (χ1v) is 13.6. The molecule has 0 aromatic heterocycles. The Morgan fingerprint density at radius 1 is 0.786 bits per heavy atom. The summed E-state index contributed by atoms with van der Waals surface area (Å²) in [4.78, 5) is 11.3. The highest BCUT2D eigenvalue weighted by Crippen LogP contribution is 2.26. The van der Waals surface area contributed by atoms with E-state index in [0.717, 1.165) is 37.9 Å². The SMILES string of the molecule is CCCCCCCCCCCCCCCC[S@](=O)C1CCCCC1OC(C)=O. The van der Waals surface area contributed by atoms with Crippen LogP contribution in [0.4, 0.5) is 0 Å². The fraction of sp³-hybridized carbons (Fsp3) is 0.958. The van der Waals surface area contributed by atoms with Gasteiger partial charge in [0.2, 0.25) is 0 Å². The van der Waals surface area contributed by atoms with Gasteiger partial charge in [-0.2, -0.15) is 0 Å². The fourth-order valence-corrected chi connectivity index (χ4v) is 6.05. The van der Waals surface area contributed by atoms with Crippen molar-refractivity contribution in [2.24, 2.45) is 0 Å². The molecule has 166 valence electrons. The summed E-state index contributed by atoms with van der Waals surface area (Å²) in [6.45, 7) is 3.74. The highest BCUT2D eigenvalue weighted by atomic mass is 32.2. The molecule has 1 aliphatic carbocycles. The van der Waals surface area contributed by atoms with Crippen molar-refractivity contribution >= 4 is 16.8 Å². The van der Waals surface area contributed by atoms with Crippen LogP contribution >= 0.6 is 0 Å². The summed E-state index contributed by atoms with van der Waals surface area (Å²) in [5.74, 6) is 0.547. The first kappa shape index (κ1) is 25.7. The third kappa shape index (κ3) is 13.0. The van der Waals surface area contributed by atoms with Crippen molar-refractivity contribution in [3.05, 3.63) is 0 Å². The summed E-state index contributed by atoms with van der Waals surface area (Å²) in [6.07, 6.45) is 22.7. The van der Waals surface area contributed by atoms with Gasteiger partial charge in [-0.15, -0.1) is 0 Å². The highest BCUT2D eigenvalue weighted by Gasteiger charge is 2.31. The van der Waals surface area contributed by atoms with Crippen molar-refractivity contribution in [3.63, 3.8) is 0 Å². The van der Waals surface area contributed by atoms with E-state index in [2.05, 4.69) is 6.92 Å². The van der Waals surface area contributed by atoms with Crippen LogP contribution in [0.2, 0.25) is 0 Å². The highest BCUT2D eigenvalue weighted by molar-refractivity contribution is 7.85. The molecule has 28 heavy (non-hydrogen) atoms. The molecule has 1 fully saturated rings. The molecule has 0 amide bonds. The lowest BCUT2D eigenvalue weighted by Gasteiger charge is -2.30. The van der Waals surface area contributed by atoms with Gasteiger partial charge >= 0.3 is 5.97 Å². The van der Waals surface area contributed by atoms with E-state index in [0.29, 0.717) is 0 Å². The van der Waals surface area contributed by atoms with Crippen LogP contribution in [-0.2, 0) is 20.3 Å². The number of hydrogen-bond donors (Lipinski definition) is 0. The van der Waals surface area contributed by atoms with Crippen molar-refractivity contribution in [2.45, 2.75) is 141 Å². The van der Waals surface area contributed by atoms with Crippen molar-refractivity contribution in [3.8, 4) is 0 Å². The number of hydrogen-bond acceptors (Lipinski definition) is 3. The van der Waals surface area contributed by atoms with Crippen LogP contribution in [0.25, 0.3) is 0 Å². The third-order valence-electron chi connectivity index (χ3n) is 6.00. The topological polar surface area (TPSA) is 43.4 Å². The van der Waals surface area contributed by atoms with Crippen LogP contribution in [-0.4, -0.2) is 27.3 Å². The Balaban J connectivity index is 1.93. The zero-order chi connectivity index (χ0) is 20.5. The van der Waals surface area contributed by atoms with Gasteiger partial charge in [0.1, 0.15) is 6.10 Å². The molecule has 0 radical (unpaired) electrons. The summed E-state index contributed by atoms with van der Waals surface area (Å²) < 4.78 is 18.0. The van der Waals surface area contributed by atoms with E-state index >= 15 is 0 Å². The van der Waals surface area contributed by atoms with E-state index in [4.69, 9.17) is 4.74 Å². The Bertz CT molecular complexity index is 411. The molecule has 2 unspecified atom stereocenters. The number of ether oxygens (including phenoxy) is 1. The molecule has 1 aliphatic rings. The van der Waals surface area contributed by atoms with Crippen molar-refractivity contribution in [1.29, 1.82) is 0 Å². The van der Waals surface area contributed by atoms with Gasteiger partial charge in [-0.25, -0.2) is 0 Å². The normalized spacial score (nSPS) is 20.8. The first-order chi connectivity index (χ1) is 13.6. The Morgan fingerprint density at radius 2 is 1.25 bits per heavy atom. The Morgan fingerprint density at radius 3 is 1.75 bits per heavy atom. The van der Waals surface area contributed by atoms with E-state index < -0.39 is 10.8 Å². The molecular weight excluding hydrogens is 368 g/mol. The van der Waals surface area contributed by atoms with E-state index in [1.807, 2.05) is 0 Å². The first-order valence-electron chi connectivity index (χ1n) is 12.2. The minimum Gasteiger partial charge on any atom is -0.461 e. The van der Waals surface area contributed by atoms with Gasteiger partial charge < -0.3 is 4.74 Å². The standard InChI is InChI=1S/C24H46O3S/c1-3-4-5-6-7-8-9-10-11-12-13-14-15-18-21-28(26)24-20-17-16-19-23(24)27-22(2)25/h23-24H,3-21H2,1-2H3/t23?,24?,28-/m0/s1. The molecule has 3 atom stereocenters. The summed E-state index contributed by atoms with van der Waals surface area (Å²) in [7, 11) is -0.846. The van der Waals surface area contributed by atoms with E-state index in [1.54, 1.807) is 0 Å². The lowest BCUT2D eigenvalue weighted by molar-refractivity contribution is -0.147. The zero-order valence-corrected chi connectivity index (χ0v) is 19.5. The van der Waals surface area contributed by atoms with Gasteiger partial charge in [-0.3, -0.25) is 9.00 Å². The van der Waals surface area contributed by atoms with Gasteiger partial charge in [0.25, 0.3) is 0 Å². The third-order valence-corrected chi connectivity index (χ3v) is 7.90. The second kappa shape index (κ2) is 17.5. The van der Waals surface area contributed by atoms with E-state index in [9.17, 15) is 9.00 Å². The Kier molecular flexibility index (Phi) is 16.0. The second-order valence-corrected chi connectivity index (χ2v) is 10.4. The van der Waals surface area contributed by atoms with Crippen LogP contribution < -0.4 is 0 Å². The van der Waals surface area contributed by atoms with Gasteiger partial charge in [0, 0.05) is 23.5 Å². The molecule has 0 heterocycles. The van der Waals surface area contributed by atoms with Crippen LogP contribution in [0, 0.1) is 0 Å². The molecule has 0 aliphatic heterocycles. The van der Waals surface area contributed by atoms with Gasteiger partial charge in [0.15, 0.2) is 0 Å². The lowest BCUT2D eigenvalue weighted by Crippen LogP contribution is -2.37. The zero-order valence-electron chi connectivity index (χ0n) is 18.7. The molecule has 3 nitrogen and oxygen atoms in total. The molecule has 0 bridgehead atoms. The molecule has 1 saturated carbocycles. The van der Waals surface area contributed by atoms with E-state index in [1.165, 1.54) is 90.4 Å². The Hall–Kier alpha value is -0.380. The summed E-state index contributed by atoms with van der Waals surface area (Å²) >= 11 is 0. The van der Waals surface area contributed by atoms with Crippen LogP contribution in [0.15, 0.2) is 0 Å². The van der Waals surface area contributed by atoms with Crippen LogP contribution in [0.1, 0.15) is 129 Å². The number of esters is 1. The monoisotopic (exact) mass is 414 g/mol. The molecule has 4 heteroatoms. The number of unbranched alkanes of at least 4 members (excludes halogenated alkanes) is 13. The van der Waals surface area contributed by atoms with Crippen LogP contribution in [0.3, 0.4) is 0 Å². The van der Waals surface area contributed by atoms with Crippen molar-refractivity contribution < 1.29 is 13.7 Å². The molecule has 0 aromatic rings. The number of carbonyl (C=O) groups excluding carboxylic acids is 1. The van der Waals surface area contributed by atoms with Crippen LogP contribution in [0.5, 0.6) is 0 Å². The molecule has 0 spiro atoms. The maximum atomic E-state index is 12.6. The van der Waals surface area contributed by atoms with Gasteiger partial charge in [0.05, 0.1) is 5.25 Å². The summed E-state index contributed by atoms with van der Waals surface area (Å²) in [5.41, 5.74) is 0. The molecule has 0 aromatic carbocycles. The smallest absolute Gasteiger partial charge is 0.302 e. The molecule has 0 saturated heterocycles. The maximum Gasteiger partial charge on any atom is 0.302 e. The summed E-state index contributed by atoms with van der Waals surface area (Å²) in [5, 5.41) is 0.0691. The minimum atomic E-state index is -0.846. The Labute approximate surface area is 177 Å². The molecule has 0 N–H and O–H groups in total. The van der Waals surface area contributed by atoms with E-state index in [-0.39, 0.29) is 17.3 Å². The average molecular weight is 415 g/mol. The quantitative estimate of drug-likeness (QED) is 0.188. The second-order valence-electron chi connectivity index (χ2n) is 8.65. The van der Waals surface area contributed by atoms with Crippen molar-refractivity contribution in [2.75, 3.05) is 5.75 Å². The fourth-order valence-electron chi connectivity index (χ4n) is 4.30. The minimum absolute atomic E-state index is 0.0691. The largest absolute Gasteiger partial charge is 0.461 e. The number of rotatable bonds is 17.